The maximum atomic E-state index is 10.7. The van der Waals surface area contributed by atoms with Gasteiger partial charge >= 0.3 is 0 Å². The molecule has 0 aromatic rings. The Hall–Kier alpha value is -0.570. The SMILES string of the molecule is CCC(=O)NCC1CNC1. The molecule has 3 nitrogen and oxygen atoms in total. The van der Waals surface area contributed by atoms with E-state index >= 15 is 0 Å². The number of rotatable bonds is 3. The summed E-state index contributed by atoms with van der Waals surface area (Å²) in [7, 11) is 0. The summed E-state index contributed by atoms with van der Waals surface area (Å²) in [5.41, 5.74) is 0. The Bertz CT molecular complexity index is 121. The van der Waals surface area contributed by atoms with Gasteiger partial charge in [0.25, 0.3) is 0 Å². The number of carbonyl (C=O) groups excluding carboxylic acids is 1. The summed E-state index contributed by atoms with van der Waals surface area (Å²) in [6.07, 6.45) is 0.597. The van der Waals surface area contributed by atoms with Crippen LogP contribution in [0.1, 0.15) is 13.3 Å². The summed E-state index contributed by atoms with van der Waals surface area (Å²) in [5.74, 6) is 0.836. The molecule has 1 rings (SSSR count). The zero-order valence-electron chi connectivity index (χ0n) is 6.31. The second-order valence-corrected chi connectivity index (χ2v) is 2.68. The van der Waals surface area contributed by atoms with Crippen LogP contribution in [-0.2, 0) is 4.79 Å². The van der Waals surface area contributed by atoms with E-state index in [1.54, 1.807) is 0 Å². The zero-order valence-corrected chi connectivity index (χ0v) is 6.31. The fraction of sp³-hybridized carbons (Fsp3) is 0.857. The van der Waals surface area contributed by atoms with Crippen LogP contribution in [-0.4, -0.2) is 25.5 Å². The monoisotopic (exact) mass is 142 g/mol. The molecule has 1 saturated heterocycles. The molecule has 0 aromatic carbocycles. The molecule has 1 aliphatic heterocycles. The van der Waals surface area contributed by atoms with E-state index in [1.807, 2.05) is 6.92 Å². The quantitative estimate of drug-likeness (QED) is 0.569. The predicted molar refractivity (Wildman–Crippen MR) is 39.7 cm³/mol. The van der Waals surface area contributed by atoms with Gasteiger partial charge in [-0.2, -0.15) is 0 Å². The minimum Gasteiger partial charge on any atom is -0.356 e. The number of carbonyl (C=O) groups is 1. The van der Waals surface area contributed by atoms with Gasteiger partial charge in [-0.3, -0.25) is 4.79 Å². The Kier molecular flexibility index (Phi) is 2.68. The molecule has 0 radical (unpaired) electrons. The molecule has 10 heavy (non-hydrogen) atoms. The zero-order chi connectivity index (χ0) is 7.40. The molecule has 58 valence electrons. The molecule has 0 aromatic heterocycles. The van der Waals surface area contributed by atoms with Crippen molar-refractivity contribution in [2.24, 2.45) is 5.92 Å². The van der Waals surface area contributed by atoms with Gasteiger partial charge in [0, 0.05) is 32.0 Å². The lowest BCUT2D eigenvalue weighted by Gasteiger charge is -2.26. The van der Waals surface area contributed by atoms with Gasteiger partial charge < -0.3 is 10.6 Å². The normalized spacial score (nSPS) is 18.1. The standard InChI is InChI=1S/C7H14N2O/c1-2-7(10)9-5-6-3-8-4-6/h6,8H,2-5H2,1H3,(H,9,10). The third kappa shape index (κ3) is 1.99. The summed E-state index contributed by atoms with van der Waals surface area (Å²) < 4.78 is 0. The Morgan fingerprint density at radius 1 is 1.70 bits per heavy atom. The summed E-state index contributed by atoms with van der Waals surface area (Å²) in [5, 5.41) is 6.01. The van der Waals surface area contributed by atoms with E-state index in [4.69, 9.17) is 0 Å². The van der Waals surface area contributed by atoms with E-state index in [0.717, 1.165) is 19.6 Å². The summed E-state index contributed by atoms with van der Waals surface area (Å²) in [4.78, 5) is 10.7. The fourth-order valence-corrected chi connectivity index (χ4v) is 0.876. The molecular weight excluding hydrogens is 128 g/mol. The van der Waals surface area contributed by atoms with Crippen LogP contribution in [0, 0.1) is 5.92 Å². The summed E-state index contributed by atoms with van der Waals surface area (Å²) >= 11 is 0. The molecule has 0 atom stereocenters. The van der Waals surface area contributed by atoms with E-state index in [9.17, 15) is 4.79 Å². The first-order valence-electron chi connectivity index (χ1n) is 3.80. The second kappa shape index (κ2) is 3.56. The van der Waals surface area contributed by atoms with Gasteiger partial charge in [0.2, 0.25) is 5.91 Å². The maximum Gasteiger partial charge on any atom is 0.219 e. The van der Waals surface area contributed by atoms with Crippen molar-refractivity contribution in [2.75, 3.05) is 19.6 Å². The summed E-state index contributed by atoms with van der Waals surface area (Å²) in [6.45, 7) is 4.84. The first-order valence-corrected chi connectivity index (χ1v) is 3.80. The van der Waals surface area contributed by atoms with Gasteiger partial charge in [0.15, 0.2) is 0 Å². The maximum absolute atomic E-state index is 10.7. The lowest BCUT2D eigenvalue weighted by molar-refractivity contribution is -0.121. The van der Waals surface area contributed by atoms with Crippen molar-refractivity contribution in [1.82, 2.24) is 10.6 Å². The van der Waals surface area contributed by atoms with Crippen LogP contribution in [0.15, 0.2) is 0 Å². The number of nitrogens with one attached hydrogen (secondary N) is 2. The second-order valence-electron chi connectivity index (χ2n) is 2.68. The third-order valence-corrected chi connectivity index (χ3v) is 1.78. The highest BCUT2D eigenvalue weighted by Crippen LogP contribution is 1.99. The molecular formula is C7H14N2O. The molecule has 0 saturated carbocycles. The average Bonchev–Trinajstić information content (AvgIpc) is 1.84. The molecule has 1 heterocycles. The highest BCUT2D eigenvalue weighted by atomic mass is 16.1. The molecule has 2 N–H and O–H groups in total. The van der Waals surface area contributed by atoms with Gasteiger partial charge in [-0.1, -0.05) is 6.92 Å². The van der Waals surface area contributed by atoms with E-state index in [0.29, 0.717) is 12.3 Å². The fourth-order valence-electron chi connectivity index (χ4n) is 0.876. The number of amides is 1. The number of hydrogen-bond acceptors (Lipinski definition) is 2. The van der Waals surface area contributed by atoms with Crippen molar-refractivity contribution >= 4 is 5.91 Å². The lowest BCUT2D eigenvalue weighted by Crippen LogP contribution is -2.48. The molecule has 0 spiro atoms. The van der Waals surface area contributed by atoms with E-state index in [-0.39, 0.29) is 5.91 Å². The van der Waals surface area contributed by atoms with Crippen LogP contribution >= 0.6 is 0 Å². The van der Waals surface area contributed by atoms with Crippen molar-refractivity contribution in [1.29, 1.82) is 0 Å². The first kappa shape index (κ1) is 7.54. The average molecular weight is 142 g/mol. The van der Waals surface area contributed by atoms with Crippen molar-refractivity contribution in [3.63, 3.8) is 0 Å². The molecule has 3 heteroatoms. The minimum atomic E-state index is 0.159. The molecule has 1 fully saturated rings. The van der Waals surface area contributed by atoms with Gasteiger partial charge in [0.05, 0.1) is 0 Å². The third-order valence-electron chi connectivity index (χ3n) is 1.78. The van der Waals surface area contributed by atoms with E-state index < -0.39 is 0 Å². The lowest BCUT2D eigenvalue weighted by atomic mass is 10.0. The van der Waals surface area contributed by atoms with Crippen LogP contribution in [0.3, 0.4) is 0 Å². The molecule has 0 aliphatic carbocycles. The van der Waals surface area contributed by atoms with Crippen LogP contribution in [0.25, 0.3) is 0 Å². The Balaban J connectivity index is 1.98. The highest BCUT2D eigenvalue weighted by molar-refractivity contribution is 5.75. The summed E-state index contributed by atoms with van der Waals surface area (Å²) in [6, 6.07) is 0. The number of hydrogen-bond donors (Lipinski definition) is 2. The van der Waals surface area contributed by atoms with Crippen molar-refractivity contribution < 1.29 is 4.79 Å². The predicted octanol–water partition coefficient (Wildman–Crippen LogP) is -0.268. The van der Waals surface area contributed by atoms with E-state index in [1.165, 1.54) is 0 Å². The van der Waals surface area contributed by atoms with E-state index in [2.05, 4.69) is 10.6 Å². The smallest absolute Gasteiger partial charge is 0.219 e. The van der Waals surface area contributed by atoms with Crippen LogP contribution in [0.5, 0.6) is 0 Å². The molecule has 0 unspecified atom stereocenters. The van der Waals surface area contributed by atoms with Gasteiger partial charge in [-0.15, -0.1) is 0 Å². The molecule has 1 amide bonds. The first-order chi connectivity index (χ1) is 4.83. The minimum absolute atomic E-state index is 0.159. The Labute approximate surface area is 61.2 Å². The Morgan fingerprint density at radius 2 is 2.40 bits per heavy atom. The van der Waals surface area contributed by atoms with Gasteiger partial charge in [-0.05, 0) is 0 Å². The van der Waals surface area contributed by atoms with Crippen LogP contribution in [0.4, 0.5) is 0 Å². The largest absolute Gasteiger partial charge is 0.356 e. The Morgan fingerprint density at radius 3 is 2.80 bits per heavy atom. The van der Waals surface area contributed by atoms with Crippen molar-refractivity contribution in [3.05, 3.63) is 0 Å². The molecule has 0 bridgehead atoms. The highest BCUT2D eigenvalue weighted by Gasteiger charge is 2.16. The topological polar surface area (TPSA) is 41.1 Å². The van der Waals surface area contributed by atoms with Crippen molar-refractivity contribution in [2.45, 2.75) is 13.3 Å². The van der Waals surface area contributed by atoms with Crippen molar-refractivity contribution in [3.8, 4) is 0 Å². The molecule has 1 aliphatic rings. The van der Waals surface area contributed by atoms with Gasteiger partial charge in [0.1, 0.15) is 0 Å². The van der Waals surface area contributed by atoms with Crippen LogP contribution in [0.2, 0.25) is 0 Å². The van der Waals surface area contributed by atoms with Crippen LogP contribution < -0.4 is 10.6 Å². The van der Waals surface area contributed by atoms with Gasteiger partial charge in [-0.25, -0.2) is 0 Å².